The first-order valence-electron chi connectivity index (χ1n) is 7.88. The standard InChI is InChI=1S/C16H32N2O/c1-5-7-14(17)12-15(19)18-10-6-8-13(9-11-18)16(2,3)4/h13-14H,5-12,17H2,1-4H3. The van der Waals surface area contributed by atoms with Crippen LogP contribution < -0.4 is 5.73 Å². The maximum absolute atomic E-state index is 12.2. The number of hydrogen-bond acceptors (Lipinski definition) is 2. The summed E-state index contributed by atoms with van der Waals surface area (Å²) >= 11 is 0. The summed E-state index contributed by atoms with van der Waals surface area (Å²) in [6.07, 6.45) is 6.04. The predicted octanol–water partition coefficient (Wildman–Crippen LogP) is 3.18. The molecule has 1 heterocycles. The lowest BCUT2D eigenvalue weighted by Gasteiger charge is -2.29. The summed E-state index contributed by atoms with van der Waals surface area (Å²) in [6, 6.07) is 0.0409. The minimum atomic E-state index is 0.0409. The van der Waals surface area contributed by atoms with Crippen LogP contribution in [0.2, 0.25) is 0 Å². The summed E-state index contributed by atoms with van der Waals surface area (Å²) in [5.41, 5.74) is 6.34. The third kappa shape index (κ3) is 5.52. The van der Waals surface area contributed by atoms with E-state index in [1.54, 1.807) is 0 Å². The van der Waals surface area contributed by atoms with Crippen LogP contribution >= 0.6 is 0 Å². The van der Waals surface area contributed by atoms with Gasteiger partial charge in [-0.3, -0.25) is 4.79 Å². The monoisotopic (exact) mass is 268 g/mol. The van der Waals surface area contributed by atoms with Gasteiger partial charge in [0, 0.05) is 25.6 Å². The van der Waals surface area contributed by atoms with Crippen LogP contribution in [-0.2, 0) is 4.79 Å². The van der Waals surface area contributed by atoms with Crippen molar-refractivity contribution < 1.29 is 4.79 Å². The molecular formula is C16H32N2O. The van der Waals surface area contributed by atoms with Crippen LogP contribution in [0.4, 0.5) is 0 Å². The zero-order valence-corrected chi connectivity index (χ0v) is 13.2. The minimum Gasteiger partial charge on any atom is -0.343 e. The van der Waals surface area contributed by atoms with Crippen molar-refractivity contribution in [2.45, 2.75) is 72.3 Å². The molecule has 3 heteroatoms. The average Bonchev–Trinajstić information content (AvgIpc) is 2.53. The summed E-state index contributed by atoms with van der Waals surface area (Å²) in [7, 11) is 0. The third-order valence-electron chi connectivity index (χ3n) is 4.40. The lowest BCUT2D eigenvalue weighted by Crippen LogP contribution is -2.36. The number of carbonyl (C=O) groups excluding carboxylic acids is 1. The van der Waals surface area contributed by atoms with Crippen LogP contribution in [-0.4, -0.2) is 29.9 Å². The van der Waals surface area contributed by atoms with Crippen LogP contribution in [0.15, 0.2) is 0 Å². The molecule has 2 unspecified atom stereocenters. The van der Waals surface area contributed by atoms with Crippen LogP contribution in [0.25, 0.3) is 0 Å². The zero-order chi connectivity index (χ0) is 14.5. The molecule has 0 spiro atoms. The maximum Gasteiger partial charge on any atom is 0.224 e. The Labute approximate surface area is 118 Å². The average molecular weight is 268 g/mol. The summed E-state index contributed by atoms with van der Waals surface area (Å²) in [6.45, 7) is 10.9. The Kier molecular flexibility index (Phi) is 6.31. The number of carbonyl (C=O) groups is 1. The number of likely N-dealkylation sites (tertiary alicyclic amines) is 1. The lowest BCUT2D eigenvalue weighted by molar-refractivity contribution is -0.131. The molecule has 0 radical (unpaired) electrons. The summed E-state index contributed by atoms with van der Waals surface area (Å²) in [5, 5.41) is 0. The topological polar surface area (TPSA) is 46.3 Å². The second-order valence-electron chi connectivity index (χ2n) is 7.13. The first kappa shape index (κ1) is 16.5. The van der Waals surface area contributed by atoms with Gasteiger partial charge in [0.2, 0.25) is 5.91 Å². The van der Waals surface area contributed by atoms with E-state index in [1.165, 1.54) is 6.42 Å². The normalized spacial score (nSPS) is 23.0. The molecule has 1 aliphatic heterocycles. The van der Waals surface area contributed by atoms with E-state index in [2.05, 4.69) is 27.7 Å². The van der Waals surface area contributed by atoms with Gasteiger partial charge in [-0.2, -0.15) is 0 Å². The van der Waals surface area contributed by atoms with E-state index < -0.39 is 0 Å². The van der Waals surface area contributed by atoms with Gasteiger partial charge >= 0.3 is 0 Å². The van der Waals surface area contributed by atoms with Gasteiger partial charge in [0.05, 0.1) is 0 Å². The van der Waals surface area contributed by atoms with Gasteiger partial charge in [-0.1, -0.05) is 34.1 Å². The van der Waals surface area contributed by atoms with Crippen LogP contribution in [0.5, 0.6) is 0 Å². The fraction of sp³-hybridized carbons (Fsp3) is 0.938. The highest BCUT2D eigenvalue weighted by Gasteiger charge is 2.28. The molecular weight excluding hydrogens is 236 g/mol. The molecule has 0 aliphatic carbocycles. The molecule has 1 amide bonds. The molecule has 2 atom stereocenters. The molecule has 0 aromatic heterocycles. The maximum atomic E-state index is 12.2. The third-order valence-corrected chi connectivity index (χ3v) is 4.40. The molecule has 2 N–H and O–H groups in total. The molecule has 1 rings (SSSR count). The highest BCUT2D eigenvalue weighted by atomic mass is 16.2. The van der Waals surface area contributed by atoms with Crippen molar-refractivity contribution in [2.24, 2.45) is 17.1 Å². The Morgan fingerprint density at radius 1 is 1.32 bits per heavy atom. The second kappa shape index (κ2) is 7.28. The number of rotatable bonds is 4. The zero-order valence-electron chi connectivity index (χ0n) is 13.2. The van der Waals surface area contributed by atoms with Crippen molar-refractivity contribution in [3.63, 3.8) is 0 Å². The smallest absolute Gasteiger partial charge is 0.224 e. The Balaban J connectivity index is 2.46. The molecule has 1 aliphatic rings. The van der Waals surface area contributed by atoms with E-state index in [-0.39, 0.29) is 11.9 Å². The summed E-state index contributed by atoms with van der Waals surface area (Å²) in [5.74, 6) is 0.991. The van der Waals surface area contributed by atoms with Crippen LogP contribution in [0.3, 0.4) is 0 Å². The van der Waals surface area contributed by atoms with Crippen LogP contribution in [0, 0.1) is 11.3 Å². The second-order valence-corrected chi connectivity index (χ2v) is 7.13. The van der Waals surface area contributed by atoms with Gasteiger partial charge in [-0.25, -0.2) is 0 Å². The van der Waals surface area contributed by atoms with Crippen molar-refractivity contribution in [1.82, 2.24) is 4.90 Å². The van der Waals surface area contributed by atoms with Crippen molar-refractivity contribution in [3.05, 3.63) is 0 Å². The predicted molar refractivity (Wildman–Crippen MR) is 80.9 cm³/mol. The summed E-state index contributed by atoms with van der Waals surface area (Å²) < 4.78 is 0. The molecule has 1 fully saturated rings. The minimum absolute atomic E-state index is 0.0409. The number of nitrogens with two attached hydrogens (primary N) is 1. The van der Waals surface area contributed by atoms with Crippen LogP contribution in [0.1, 0.15) is 66.2 Å². The molecule has 19 heavy (non-hydrogen) atoms. The quantitative estimate of drug-likeness (QED) is 0.851. The lowest BCUT2D eigenvalue weighted by atomic mass is 9.77. The van der Waals surface area contributed by atoms with Gasteiger partial charge in [0.25, 0.3) is 0 Å². The Morgan fingerprint density at radius 3 is 2.58 bits per heavy atom. The van der Waals surface area contributed by atoms with E-state index in [0.717, 1.165) is 44.7 Å². The highest BCUT2D eigenvalue weighted by Crippen LogP contribution is 2.34. The van der Waals surface area contributed by atoms with Gasteiger partial charge in [0.1, 0.15) is 0 Å². The first-order valence-corrected chi connectivity index (χ1v) is 7.88. The SMILES string of the molecule is CCCC(N)CC(=O)N1CCCC(C(C)(C)C)CC1. The van der Waals surface area contributed by atoms with Crippen molar-refractivity contribution in [1.29, 1.82) is 0 Å². The van der Waals surface area contributed by atoms with E-state index in [9.17, 15) is 4.79 Å². The fourth-order valence-corrected chi connectivity index (χ4v) is 3.04. The summed E-state index contributed by atoms with van der Waals surface area (Å²) in [4.78, 5) is 14.3. The van der Waals surface area contributed by atoms with Crippen molar-refractivity contribution >= 4 is 5.91 Å². The Morgan fingerprint density at radius 2 is 2.00 bits per heavy atom. The van der Waals surface area contributed by atoms with Gasteiger partial charge < -0.3 is 10.6 Å². The molecule has 3 nitrogen and oxygen atoms in total. The number of nitrogens with zero attached hydrogens (tertiary/aromatic N) is 1. The Hall–Kier alpha value is -0.570. The fourth-order valence-electron chi connectivity index (χ4n) is 3.04. The van der Waals surface area contributed by atoms with Gasteiger partial charge in [-0.05, 0) is 37.0 Å². The van der Waals surface area contributed by atoms with E-state index >= 15 is 0 Å². The van der Waals surface area contributed by atoms with E-state index in [1.807, 2.05) is 4.90 Å². The molecule has 1 saturated heterocycles. The molecule has 0 bridgehead atoms. The van der Waals surface area contributed by atoms with Gasteiger partial charge in [0.15, 0.2) is 0 Å². The molecule has 112 valence electrons. The molecule has 0 aromatic rings. The molecule has 0 saturated carbocycles. The van der Waals surface area contributed by atoms with Gasteiger partial charge in [-0.15, -0.1) is 0 Å². The molecule has 0 aromatic carbocycles. The number of hydrogen-bond donors (Lipinski definition) is 1. The number of amides is 1. The highest BCUT2D eigenvalue weighted by molar-refractivity contribution is 5.76. The first-order chi connectivity index (χ1) is 8.84. The Bertz CT molecular complexity index is 283. The van der Waals surface area contributed by atoms with E-state index in [4.69, 9.17) is 5.73 Å². The van der Waals surface area contributed by atoms with Crippen molar-refractivity contribution in [2.75, 3.05) is 13.1 Å². The van der Waals surface area contributed by atoms with E-state index in [0.29, 0.717) is 11.8 Å². The largest absolute Gasteiger partial charge is 0.343 e. The van der Waals surface area contributed by atoms with Crippen molar-refractivity contribution in [3.8, 4) is 0 Å².